The Kier molecular flexibility index (Phi) is 6.07. The number of aryl methyl sites for hydroxylation is 1. The van der Waals surface area contributed by atoms with Crippen LogP contribution in [-0.2, 0) is 18.0 Å². The van der Waals surface area contributed by atoms with E-state index in [1.807, 2.05) is 0 Å². The van der Waals surface area contributed by atoms with Crippen LogP contribution in [0.15, 0.2) is 36.5 Å². The van der Waals surface area contributed by atoms with Gasteiger partial charge in [-0.25, -0.2) is 0 Å². The van der Waals surface area contributed by atoms with Gasteiger partial charge in [-0.15, -0.1) is 0 Å². The molecule has 1 atom stereocenters. The zero-order valence-corrected chi connectivity index (χ0v) is 17.4. The van der Waals surface area contributed by atoms with Crippen molar-refractivity contribution in [2.75, 3.05) is 10.6 Å². The van der Waals surface area contributed by atoms with E-state index in [0.717, 1.165) is 4.68 Å². The quantitative estimate of drug-likeness (QED) is 0.608. The lowest BCUT2D eigenvalue weighted by Gasteiger charge is -2.15. The molecule has 0 aliphatic heterocycles. The molecular weight excluding hydrogens is 437 g/mol. The van der Waals surface area contributed by atoms with Crippen LogP contribution in [0.1, 0.15) is 34.8 Å². The van der Waals surface area contributed by atoms with Crippen LogP contribution in [0.4, 0.5) is 24.5 Å². The number of carbonyl (C=O) groups is 2. The van der Waals surface area contributed by atoms with Gasteiger partial charge in [-0.3, -0.25) is 19.0 Å². The summed E-state index contributed by atoms with van der Waals surface area (Å²) < 4.78 is 41.5. The Morgan fingerprint density at radius 1 is 1.13 bits per heavy atom. The number of amides is 2. The van der Waals surface area contributed by atoms with E-state index in [9.17, 15) is 22.8 Å². The number of hydrogen-bond donors (Lipinski definition) is 2. The molecule has 0 aliphatic carbocycles. The third-order valence-corrected chi connectivity index (χ3v) is 4.88. The molecule has 31 heavy (non-hydrogen) atoms. The molecule has 12 heteroatoms. The Labute approximate surface area is 180 Å². The number of anilines is 2. The molecular formula is C19H18ClF3N6O2. The normalized spacial score (nSPS) is 12.5. The molecule has 3 aromatic rings. The summed E-state index contributed by atoms with van der Waals surface area (Å²) in [5.74, 6) is -1.04. The van der Waals surface area contributed by atoms with Gasteiger partial charge in [0.05, 0.1) is 10.7 Å². The van der Waals surface area contributed by atoms with E-state index < -0.39 is 34.7 Å². The average Bonchev–Trinajstić information content (AvgIpc) is 3.25. The first-order valence-corrected chi connectivity index (χ1v) is 9.39. The van der Waals surface area contributed by atoms with Crippen molar-refractivity contribution in [1.29, 1.82) is 0 Å². The van der Waals surface area contributed by atoms with Crippen LogP contribution >= 0.6 is 11.6 Å². The largest absolute Gasteiger partial charge is 0.436 e. The molecule has 1 unspecified atom stereocenters. The van der Waals surface area contributed by atoms with Crippen molar-refractivity contribution in [3.05, 3.63) is 58.6 Å². The highest BCUT2D eigenvalue weighted by Gasteiger charge is 2.39. The van der Waals surface area contributed by atoms with Crippen LogP contribution in [0.25, 0.3) is 0 Å². The van der Waals surface area contributed by atoms with Crippen molar-refractivity contribution in [1.82, 2.24) is 19.6 Å². The molecule has 2 amide bonds. The fraction of sp³-hybridized carbons (Fsp3) is 0.263. The number of nitrogens with zero attached hydrogens (tertiary/aromatic N) is 4. The van der Waals surface area contributed by atoms with Crippen LogP contribution in [0, 0.1) is 6.92 Å². The Morgan fingerprint density at radius 2 is 1.77 bits per heavy atom. The first kappa shape index (κ1) is 22.3. The van der Waals surface area contributed by atoms with Gasteiger partial charge in [0.2, 0.25) is 5.91 Å². The maximum Gasteiger partial charge on any atom is 0.436 e. The molecule has 1 aromatic carbocycles. The molecule has 0 aliphatic rings. The summed E-state index contributed by atoms with van der Waals surface area (Å²) in [6.07, 6.45) is -3.11. The zero-order chi connectivity index (χ0) is 22.9. The first-order chi connectivity index (χ1) is 14.5. The van der Waals surface area contributed by atoms with Crippen molar-refractivity contribution >= 4 is 34.8 Å². The number of alkyl halides is 3. The van der Waals surface area contributed by atoms with Gasteiger partial charge in [0, 0.05) is 24.6 Å². The van der Waals surface area contributed by atoms with Gasteiger partial charge in [0.25, 0.3) is 5.91 Å². The van der Waals surface area contributed by atoms with Crippen LogP contribution in [0.2, 0.25) is 5.02 Å². The standard InChI is InChI=1S/C19H18ClF3N6O2/c1-10-15(20)16(19(21,22)23)27-29(10)11(2)17(30)24-12-5-4-6-13(9-12)25-18(31)14-7-8-28(3)26-14/h4-9,11H,1-3H3,(H,24,30)(H,25,31). The third kappa shape index (κ3) is 4.88. The molecule has 0 radical (unpaired) electrons. The maximum atomic E-state index is 13.0. The van der Waals surface area contributed by atoms with Crippen LogP contribution in [0.5, 0.6) is 0 Å². The zero-order valence-electron chi connectivity index (χ0n) is 16.7. The van der Waals surface area contributed by atoms with Gasteiger partial charge in [-0.2, -0.15) is 23.4 Å². The summed E-state index contributed by atoms with van der Waals surface area (Å²) in [5, 5.41) is 12.2. The summed E-state index contributed by atoms with van der Waals surface area (Å²) in [5.41, 5.74) is -0.267. The van der Waals surface area contributed by atoms with Crippen LogP contribution < -0.4 is 10.6 Å². The number of aromatic nitrogens is 4. The monoisotopic (exact) mass is 454 g/mol. The van der Waals surface area contributed by atoms with Crippen LogP contribution in [0.3, 0.4) is 0 Å². The third-order valence-electron chi connectivity index (χ3n) is 4.43. The van der Waals surface area contributed by atoms with Crippen molar-refractivity contribution in [3.63, 3.8) is 0 Å². The van der Waals surface area contributed by atoms with E-state index >= 15 is 0 Å². The summed E-state index contributed by atoms with van der Waals surface area (Å²) in [7, 11) is 1.68. The lowest BCUT2D eigenvalue weighted by Crippen LogP contribution is -2.25. The van der Waals surface area contributed by atoms with Crippen molar-refractivity contribution < 1.29 is 22.8 Å². The molecule has 0 bridgehead atoms. The highest BCUT2D eigenvalue weighted by atomic mass is 35.5. The molecule has 2 heterocycles. The number of hydrogen-bond acceptors (Lipinski definition) is 4. The fourth-order valence-electron chi connectivity index (χ4n) is 2.82. The number of carbonyl (C=O) groups excluding carboxylic acids is 2. The number of nitrogens with one attached hydrogen (secondary N) is 2. The van der Waals surface area contributed by atoms with Crippen LogP contribution in [-0.4, -0.2) is 31.4 Å². The van der Waals surface area contributed by atoms with Crippen molar-refractivity contribution in [2.24, 2.45) is 7.05 Å². The minimum Gasteiger partial charge on any atom is -0.324 e. The minimum atomic E-state index is -4.73. The molecule has 0 spiro atoms. The van der Waals surface area contributed by atoms with E-state index in [1.54, 1.807) is 37.5 Å². The Balaban J connectivity index is 1.74. The van der Waals surface area contributed by atoms with E-state index in [2.05, 4.69) is 20.8 Å². The molecule has 2 N–H and O–H groups in total. The second-order valence-electron chi connectivity index (χ2n) is 6.77. The summed E-state index contributed by atoms with van der Waals surface area (Å²) in [6.45, 7) is 2.75. The average molecular weight is 455 g/mol. The number of rotatable bonds is 5. The van der Waals surface area contributed by atoms with Gasteiger partial charge in [-0.05, 0) is 38.1 Å². The lowest BCUT2D eigenvalue weighted by atomic mass is 10.2. The molecule has 0 saturated carbocycles. The van der Waals surface area contributed by atoms with Gasteiger partial charge < -0.3 is 10.6 Å². The predicted molar refractivity (Wildman–Crippen MR) is 108 cm³/mol. The molecule has 3 rings (SSSR count). The Bertz CT molecular complexity index is 1140. The molecule has 2 aromatic heterocycles. The van der Waals surface area contributed by atoms with Crippen molar-refractivity contribution in [2.45, 2.75) is 26.1 Å². The molecule has 0 saturated heterocycles. The number of benzene rings is 1. The maximum absolute atomic E-state index is 13.0. The highest BCUT2D eigenvalue weighted by Crippen LogP contribution is 2.36. The summed E-state index contributed by atoms with van der Waals surface area (Å²) >= 11 is 5.75. The molecule has 0 fully saturated rings. The summed E-state index contributed by atoms with van der Waals surface area (Å²) in [6, 6.07) is 6.79. The highest BCUT2D eigenvalue weighted by molar-refractivity contribution is 6.32. The van der Waals surface area contributed by atoms with E-state index in [4.69, 9.17) is 11.6 Å². The molecule has 164 valence electrons. The van der Waals surface area contributed by atoms with Crippen molar-refractivity contribution in [3.8, 4) is 0 Å². The predicted octanol–water partition coefficient (Wildman–Crippen LogP) is 4.05. The Morgan fingerprint density at radius 3 is 2.32 bits per heavy atom. The van der Waals surface area contributed by atoms with Gasteiger partial charge >= 0.3 is 6.18 Å². The van der Waals surface area contributed by atoms with E-state index in [0.29, 0.717) is 11.4 Å². The lowest BCUT2D eigenvalue weighted by molar-refractivity contribution is -0.141. The van der Waals surface area contributed by atoms with E-state index in [1.165, 1.54) is 24.6 Å². The van der Waals surface area contributed by atoms with Gasteiger partial charge in [0.15, 0.2) is 11.4 Å². The second kappa shape index (κ2) is 8.42. The second-order valence-corrected chi connectivity index (χ2v) is 7.14. The van der Waals surface area contributed by atoms with Gasteiger partial charge in [-0.1, -0.05) is 17.7 Å². The fourth-order valence-corrected chi connectivity index (χ4v) is 3.05. The topological polar surface area (TPSA) is 93.8 Å². The first-order valence-electron chi connectivity index (χ1n) is 9.01. The van der Waals surface area contributed by atoms with E-state index in [-0.39, 0.29) is 11.4 Å². The summed E-state index contributed by atoms with van der Waals surface area (Å²) in [4.78, 5) is 24.8. The Hall–Kier alpha value is -3.34. The molecule has 8 nitrogen and oxygen atoms in total. The number of halogens is 4. The SMILES string of the molecule is Cc1c(Cl)c(C(F)(F)F)nn1C(C)C(=O)Nc1cccc(NC(=O)c2ccn(C)n2)c1. The smallest absolute Gasteiger partial charge is 0.324 e. The minimum absolute atomic E-state index is 0.0213. The van der Waals surface area contributed by atoms with Gasteiger partial charge in [0.1, 0.15) is 6.04 Å².